The fourth-order valence-corrected chi connectivity index (χ4v) is 2.64. The minimum atomic E-state index is -4.58. The summed E-state index contributed by atoms with van der Waals surface area (Å²) in [6.45, 7) is 6.11. The van der Waals surface area contributed by atoms with E-state index in [4.69, 9.17) is 10.4 Å². The lowest BCUT2D eigenvalue weighted by Gasteiger charge is -2.17. The molecular formula is C20H15F3N2O3. The molecule has 0 saturated heterocycles. The highest BCUT2D eigenvalue weighted by molar-refractivity contribution is 6.08. The molecular weight excluding hydrogens is 373 g/mol. The summed E-state index contributed by atoms with van der Waals surface area (Å²) in [5.41, 5.74) is -0.473. The summed E-state index contributed by atoms with van der Waals surface area (Å²) in [4.78, 5) is 23.7. The molecule has 0 bridgehead atoms. The zero-order chi connectivity index (χ0) is 21.2. The first kappa shape index (κ1) is 20.7. The van der Waals surface area contributed by atoms with E-state index in [9.17, 15) is 22.8 Å². The van der Waals surface area contributed by atoms with Gasteiger partial charge in [0, 0.05) is 5.69 Å². The molecule has 2 aromatic carbocycles. The number of nitriles is 1. The van der Waals surface area contributed by atoms with E-state index in [1.54, 1.807) is 0 Å². The third-order valence-corrected chi connectivity index (χ3v) is 4.09. The van der Waals surface area contributed by atoms with Gasteiger partial charge in [0.15, 0.2) is 0 Å². The molecule has 0 aliphatic heterocycles. The van der Waals surface area contributed by atoms with Gasteiger partial charge in [0.25, 0.3) is 5.91 Å². The number of hydrogen-bond donors (Lipinski definition) is 2. The second-order valence-electron chi connectivity index (χ2n) is 6.09. The molecule has 0 atom stereocenters. The predicted molar refractivity (Wildman–Crippen MR) is 97.1 cm³/mol. The van der Waals surface area contributed by atoms with E-state index in [2.05, 4.69) is 11.9 Å². The molecule has 1 amide bonds. The summed E-state index contributed by atoms with van der Waals surface area (Å²) in [6.07, 6.45) is -4.58. The van der Waals surface area contributed by atoms with Gasteiger partial charge in [-0.15, -0.1) is 0 Å². The van der Waals surface area contributed by atoms with E-state index in [1.807, 2.05) is 6.07 Å². The van der Waals surface area contributed by atoms with Gasteiger partial charge in [-0.25, -0.2) is 4.79 Å². The van der Waals surface area contributed by atoms with Gasteiger partial charge in [0.2, 0.25) is 0 Å². The highest BCUT2D eigenvalue weighted by Gasteiger charge is 2.33. The van der Waals surface area contributed by atoms with Crippen molar-refractivity contribution in [1.82, 2.24) is 0 Å². The Morgan fingerprint density at radius 1 is 1.11 bits per heavy atom. The molecule has 2 N–H and O–H groups in total. The number of carbonyl (C=O) groups excluding carboxylic acids is 1. The molecule has 5 nitrogen and oxygen atoms in total. The number of carboxylic acids is 1. The van der Waals surface area contributed by atoms with Crippen LogP contribution in [-0.2, 0) is 0 Å². The average Bonchev–Trinajstić information content (AvgIpc) is 2.62. The number of amides is 1. The number of aromatic carboxylic acids is 1. The Hall–Kier alpha value is -3.60. The normalized spacial score (nSPS) is 10.9. The number of allylic oxidation sites excluding steroid dienone is 1. The molecule has 0 unspecified atom stereocenters. The van der Waals surface area contributed by atoms with E-state index in [0.717, 1.165) is 6.07 Å². The van der Waals surface area contributed by atoms with Crippen LogP contribution < -0.4 is 5.32 Å². The summed E-state index contributed by atoms with van der Waals surface area (Å²) in [5, 5.41) is 20.8. The van der Waals surface area contributed by atoms with Crippen molar-refractivity contribution < 1.29 is 27.9 Å². The molecule has 0 radical (unpaired) electrons. The topological polar surface area (TPSA) is 90.2 Å². The van der Waals surface area contributed by atoms with Crippen molar-refractivity contribution in [3.05, 3.63) is 70.3 Å². The first-order chi connectivity index (χ1) is 13.0. The zero-order valence-electron chi connectivity index (χ0n) is 14.9. The van der Waals surface area contributed by atoms with E-state index in [-0.39, 0.29) is 27.9 Å². The molecule has 0 saturated carbocycles. The third-order valence-electron chi connectivity index (χ3n) is 4.09. The fraction of sp³-hybridized carbons (Fsp3) is 0.150. The lowest BCUT2D eigenvalue weighted by atomic mass is 9.98. The molecule has 0 aliphatic carbocycles. The first-order valence-corrected chi connectivity index (χ1v) is 7.92. The molecule has 2 rings (SSSR count). The lowest BCUT2D eigenvalue weighted by molar-refractivity contribution is -0.0686. The lowest BCUT2D eigenvalue weighted by Crippen LogP contribution is -2.17. The van der Waals surface area contributed by atoms with Crippen molar-refractivity contribution in [3.8, 4) is 6.07 Å². The Balaban J connectivity index is 2.43. The van der Waals surface area contributed by atoms with Gasteiger partial charge in [-0.2, -0.15) is 18.4 Å². The Morgan fingerprint density at radius 2 is 1.68 bits per heavy atom. The molecule has 0 fully saturated rings. The van der Waals surface area contributed by atoms with Crippen LogP contribution in [0.25, 0.3) is 5.57 Å². The number of nitrogens with one attached hydrogen (secondary N) is 1. The van der Waals surface area contributed by atoms with E-state index in [0.29, 0.717) is 11.1 Å². The average molecular weight is 388 g/mol. The fourth-order valence-electron chi connectivity index (χ4n) is 2.64. The Labute approximate surface area is 158 Å². The van der Waals surface area contributed by atoms with Crippen molar-refractivity contribution in [1.29, 1.82) is 5.26 Å². The Morgan fingerprint density at radius 3 is 2.14 bits per heavy atom. The number of carboxylic acid groups (broad SMARTS) is 1. The van der Waals surface area contributed by atoms with Crippen LogP contribution in [0.3, 0.4) is 0 Å². The number of benzene rings is 2. The van der Waals surface area contributed by atoms with Crippen LogP contribution in [-0.4, -0.2) is 23.2 Å². The molecule has 0 aliphatic rings. The standard InChI is InChI=1S/C20H15F3N2O3/c1-10-6-15(12(3)20(21,22)23)7-11(2)17(10)25-18(26)16-8-13(19(27)28)4-5-14(16)9-24/h4-8H,3H2,1-2H3,(H,25,26)(H,27,28). The van der Waals surface area contributed by atoms with Gasteiger partial charge < -0.3 is 10.4 Å². The van der Waals surface area contributed by atoms with E-state index >= 15 is 0 Å². The third kappa shape index (κ3) is 4.20. The number of alkyl halides is 3. The van der Waals surface area contributed by atoms with Crippen LogP contribution in [0.5, 0.6) is 0 Å². The van der Waals surface area contributed by atoms with Crippen molar-refractivity contribution in [2.45, 2.75) is 20.0 Å². The van der Waals surface area contributed by atoms with Crippen LogP contribution in [0, 0.1) is 25.2 Å². The van der Waals surface area contributed by atoms with Crippen molar-refractivity contribution in [3.63, 3.8) is 0 Å². The summed E-state index contributed by atoms with van der Waals surface area (Å²) in [5.74, 6) is -2.01. The summed E-state index contributed by atoms with van der Waals surface area (Å²) >= 11 is 0. The highest BCUT2D eigenvalue weighted by Crippen LogP contribution is 2.35. The van der Waals surface area contributed by atoms with Gasteiger partial charge in [-0.05, 0) is 60.9 Å². The van der Waals surface area contributed by atoms with Crippen molar-refractivity contribution in [2.24, 2.45) is 0 Å². The second-order valence-corrected chi connectivity index (χ2v) is 6.09. The maximum Gasteiger partial charge on any atom is 0.416 e. The molecule has 144 valence electrons. The quantitative estimate of drug-likeness (QED) is 0.794. The Kier molecular flexibility index (Phi) is 5.59. The van der Waals surface area contributed by atoms with Crippen LogP contribution in [0.1, 0.15) is 43.0 Å². The largest absolute Gasteiger partial charge is 0.478 e. The number of hydrogen-bond acceptors (Lipinski definition) is 3. The van der Waals surface area contributed by atoms with Crippen LogP contribution in [0.4, 0.5) is 18.9 Å². The van der Waals surface area contributed by atoms with E-state index < -0.39 is 23.6 Å². The molecule has 8 heteroatoms. The second kappa shape index (κ2) is 7.56. The zero-order valence-corrected chi connectivity index (χ0v) is 14.9. The maximum atomic E-state index is 12.9. The number of nitrogens with zero attached hydrogens (tertiary/aromatic N) is 1. The molecule has 2 aromatic rings. The monoisotopic (exact) mass is 388 g/mol. The number of rotatable bonds is 4. The Bertz CT molecular complexity index is 1010. The number of anilines is 1. The van der Waals surface area contributed by atoms with Crippen LogP contribution >= 0.6 is 0 Å². The van der Waals surface area contributed by atoms with Crippen molar-refractivity contribution >= 4 is 23.1 Å². The van der Waals surface area contributed by atoms with Crippen molar-refractivity contribution in [2.75, 3.05) is 5.32 Å². The van der Waals surface area contributed by atoms with Gasteiger partial charge in [0.1, 0.15) is 0 Å². The number of halogens is 3. The predicted octanol–water partition coefficient (Wildman–Crippen LogP) is 4.70. The molecule has 0 aromatic heterocycles. The van der Waals surface area contributed by atoms with E-state index in [1.165, 1.54) is 38.1 Å². The van der Waals surface area contributed by atoms with Crippen LogP contribution in [0.15, 0.2) is 36.9 Å². The molecule has 0 heterocycles. The maximum absolute atomic E-state index is 12.9. The smallest absolute Gasteiger partial charge is 0.416 e. The summed E-state index contributed by atoms with van der Waals surface area (Å²) in [6, 6.07) is 7.79. The highest BCUT2D eigenvalue weighted by atomic mass is 19.4. The van der Waals surface area contributed by atoms with Gasteiger partial charge >= 0.3 is 12.1 Å². The SMILES string of the molecule is C=C(c1cc(C)c(NC(=O)c2cc(C(=O)O)ccc2C#N)c(C)c1)C(F)(F)F. The summed E-state index contributed by atoms with van der Waals surface area (Å²) in [7, 11) is 0. The summed E-state index contributed by atoms with van der Waals surface area (Å²) < 4.78 is 38.6. The van der Waals surface area contributed by atoms with Gasteiger partial charge in [-0.3, -0.25) is 4.79 Å². The number of carbonyl (C=O) groups is 2. The van der Waals surface area contributed by atoms with Gasteiger partial charge in [0.05, 0.1) is 28.3 Å². The minimum Gasteiger partial charge on any atom is -0.478 e. The van der Waals surface area contributed by atoms with Gasteiger partial charge in [-0.1, -0.05) is 6.58 Å². The first-order valence-electron chi connectivity index (χ1n) is 7.92. The van der Waals surface area contributed by atoms with Crippen LogP contribution in [0.2, 0.25) is 0 Å². The molecule has 0 spiro atoms. The minimum absolute atomic E-state index is 0.0279. The molecule has 28 heavy (non-hydrogen) atoms. The number of aryl methyl sites for hydroxylation is 2.